The molecule has 2 aromatic rings. The van der Waals surface area contributed by atoms with Gasteiger partial charge < -0.3 is 0 Å². The summed E-state index contributed by atoms with van der Waals surface area (Å²) in [5.74, 6) is 0.0825. The molecule has 1 aromatic carbocycles. The molecular weight excluding hydrogens is 238 g/mol. The largest absolute Gasteiger partial charge is 0.248 e. The van der Waals surface area contributed by atoms with Crippen LogP contribution in [-0.2, 0) is 6.42 Å². The van der Waals surface area contributed by atoms with E-state index in [9.17, 15) is 4.39 Å². The Labute approximate surface area is 96.1 Å². The SMILES string of the molecule is Fc1ccc2nc(CCCl)c(Cl)nc2c1. The normalized spacial score (nSPS) is 10.9. The van der Waals surface area contributed by atoms with Crippen molar-refractivity contribution < 1.29 is 4.39 Å². The van der Waals surface area contributed by atoms with Crippen molar-refractivity contribution >= 4 is 34.2 Å². The smallest absolute Gasteiger partial charge is 0.151 e. The van der Waals surface area contributed by atoms with Crippen molar-refractivity contribution in [1.29, 1.82) is 0 Å². The third-order valence-electron chi connectivity index (χ3n) is 1.98. The standard InChI is InChI=1S/C10H7Cl2FN2/c11-4-3-8-10(12)15-9-5-6(13)1-2-7(9)14-8/h1-2,5H,3-4H2. The lowest BCUT2D eigenvalue weighted by atomic mass is 10.2. The van der Waals surface area contributed by atoms with Gasteiger partial charge in [0.25, 0.3) is 0 Å². The van der Waals surface area contributed by atoms with Gasteiger partial charge in [-0.3, -0.25) is 0 Å². The first-order valence-electron chi connectivity index (χ1n) is 4.38. The maximum atomic E-state index is 12.9. The predicted octanol–water partition coefficient (Wildman–Crippen LogP) is 3.20. The summed E-state index contributed by atoms with van der Waals surface area (Å²) < 4.78 is 12.9. The van der Waals surface area contributed by atoms with E-state index in [4.69, 9.17) is 23.2 Å². The topological polar surface area (TPSA) is 25.8 Å². The van der Waals surface area contributed by atoms with E-state index >= 15 is 0 Å². The molecule has 0 fully saturated rings. The van der Waals surface area contributed by atoms with Gasteiger partial charge in [0.15, 0.2) is 5.15 Å². The molecule has 0 amide bonds. The van der Waals surface area contributed by atoms with E-state index in [-0.39, 0.29) is 11.0 Å². The maximum absolute atomic E-state index is 12.9. The van der Waals surface area contributed by atoms with Crippen LogP contribution in [0.5, 0.6) is 0 Å². The number of rotatable bonds is 2. The molecule has 5 heteroatoms. The number of aromatic nitrogens is 2. The van der Waals surface area contributed by atoms with E-state index in [1.165, 1.54) is 12.1 Å². The lowest BCUT2D eigenvalue weighted by Gasteiger charge is -2.03. The zero-order chi connectivity index (χ0) is 10.8. The van der Waals surface area contributed by atoms with Gasteiger partial charge in [-0.05, 0) is 12.1 Å². The Morgan fingerprint density at radius 1 is 1.20 bits per heavy atom. The first-order chi connectivity index (χ1) is 7.20. The number of nitrogens with zero attached hydrogens (tertiary/aromatic N) is 2. The minimum atomic E-state index is -0.349. The number of aryl methyl sites for hydroxylation is 1. The maximum Gasteiger partial charge on any atom is 0.151 e. The van der Waals surface area contributed by atoms with E-state index in [1.807, 2.05) is 0 Å². The Morgan fingerprint density at radius 2 is 2.00 bits per heavy atom. The Kier molecular flexibility index (Phi) is 3.03. The lowest BCUT2D eigenvalue weighted by molar-refractivity contribution is 0.629. The second-order valence-corrected chi connectivity index (χ2v) is 3.77. The summed E-state index contributed by atoms with van der Waals surface area (Å²) in [7, 11) is 0. The Bertz CT molecular complexity index is 502. The summed E-state index contributed by atoms with van der Waals surface area (Å²) in [5.41, 5.74) is 1.73. The molecule has 0 aliphatic heterocycles. The van der Waals surface area contributed by atoms with Crippen molar-refractivity contribution in [2.45, 2.75) is 6.42 Å². The molecule has 0 saturated heterocycles. The molecule has 0 saturated carbocycles. The highest BCUT2D eigenvalue weighted by Gasteiger charge is 2.06. The Morgan fingerprint density at radius 3 is 2.73 bits per heavy atom. The van der Waals surface area contributed by atoms with Gasteiger partial charge in [0.05, 0.1) is 16.7 Å². The summed E-state index contributed by atoms with van der Waals surface area (Å²) in [4.78, 5) is 8.32. The van der Waals surface area contributed by atoms with E-state index in [0.29, 0.717) is 29.0 Å². The summed E-state index contributed by atoms with van der Waals surface area (Å²) in [5, 5.41) is 0.286. The van der Waals surface area contributed by atoms with Crippen LogP contribution in [0.25, 0.3) is 11.0 Å². The van der Waals surface area contributed by atoms with Crippen molar-refractivity contribution in [3.8, 4) is 0 Å². The van der Waals surface area contributed by atoms with Gasteiger partial charge in [0.2, 0.25) is 0 Å². The number of hydrogen-bond acceptors (Lipinski definition) is 2. The van der Waals surface area contributed by atoms with Crippen molar-refractivity contribution in [2.75, 3.05) is 5.88 Å². The fraction of sp³-hybridized carbons (Fsp3) is 0.200. The first kappa shape index (κ1) is 10.6. The van der Waals surface area contributed by atoms with Crippen LogP contribution in [0.3, 0.4) is 0 Å². The highest BCUT2D eigenvalue weighted by molar-refractivity contribution is 6.30. The summed E-state index contributed by atoms with van der Waals surface area (Å²) >= 11 is 11.5. The lowest BCUT2D eigenvalue weighted by Crippen LogP contribution is -1.97. The zero-order valence-electron chi connectivity index (χ0n) is 7.67. The van der Waals surface area contributed by atoms with Crippen LogP contribution >= 0.6 is 23.2 Å². The number of hydrogen-bond donors (Lipinski definition) is 0. The quantitative estimate of drug-likeness (QED) is 0.759. The molecule has 0 atom stereocenters. The molecule has 0 unspecified atom stereocenters. The van der Waals surface area contributed by atoms with E-state index < -0.39 is 0 Å². The summed E-state index contributed by atoms with van der Waals surface area (Å²) in [6.45, 7) is 0. The average molecular weight is 245 g/mol. The van der Waals surface area contributed by atoms with Gasteiger partial charge in [-0.2, -0.15) is 0 Å². The minimum Gasteiger partial charge on any atom is -0.248 e. The van der Waals surface area contributed by atoms with Gasteiger partial charge in [-0.25, -0.2) is 14.4 Å². The summed E-state index contributed by atoms with van der Waals surface area (Å²) in [6, 6.07) is 4.22. The zero-order valence-corrected chi connectivity index (χ0v) is 9.19. The van der Waals surface area contributed by atoms with Crippen LogP contribution in [0.2, 0.25) is 5.15 Å². The van der Waals surface area contributed by atoms with Crippen molar-refractivity contribution in [1.82, 2.24) is 9.97 Å². The monoisotopic (exact) mass is 244 g/mol. The second-order valence-electron chi connectivity index (χ2n) is 3.03. The molecular formula is C10H7Cl2FN2. The Balaban J connectivity index is 2.60. The molecule has 2 rings (SSSR count). The molecule has 0 bridgehead atoms. The first-order valence-corrected chi connectivity index (χ1v) is 5.29. The molecule has 0 spiro atoms. The highest BCUT2D eigenvalue weighted by Crippen LogP contribution is 2.18. The van der Waals surface area contributed by atoms with Crippen LogP contribution in [0.1, 0.15) is 5.69 Å². The third-order valence-corrected chi connectivity index (χ3v) is 2.47. The van der Waals surface area contributed by atoms with Crippen LogP contribution < -0.4 is 0 Å². The molecule has 2 nitrogen and oxygen atoms in total. The second kappa shape index (κ2) is 4.29. The van der Waals surface area contributed by atoms with E-state index in [1.54, 1.807) is 6.07 Å². The average Bonchev–Trinajstić information content (AvgIpc) is 2.20. The fourth-order valence-electron chi connectivity index (χ4n) is 1.29. The molecule has 15 heavy (non-hydrogen) atoms. The van der Waals surface area contributed by atoms with E-state index in [2.05, 4.69) is 9.97 Å². The van der Waals surface area contributed by atoms with Gasteiger partial charge in [0, 0.05) is 18.4 Å². The minimum absolute atomic E-state index is 0.286. The van der Waals surface area contributed by atoms with Crippen LogP contribution in [0.15, 0.2) is 18.2 Å². The highest BCUT2D eigenvalue weighted by atomic mass is 35.5. The van der Waals surface area contributed by atoms with Crippen molar-refractivity contribution in [2.24, 2.45) is 0 Å². The molecule has 0 radical (unpaired) electrons. The number of halogens is 3. The van der Waals surface area contributed by atoms with Gasteiger partial charge in [-0.15, -0.1) is 11.6 Å². The number of fused-ring (bicyclic) bond motifs is 1. The predicted molar refractivity (Wildman–Crippen MR) is 58.9 cm³/mol. The molecule has 0 aliphatic rings. The van der Waals surface area contributed by atoms with Crippen LogP contribution in [0, 0.1) is 5.82 Å². The third kappa shape index (κ3) is 2.19. The molecule has 1 heterocycles. The number of benzene rings is 1. The molecule has 0 N–H and O–H groups in total. The van der Waals surface area contributed by atoms with E-state index in [0.717, 1.165) is 0 Å². The molecule has 78 valence electrons. The fourth-order valence-corrected chi connectivity index (χ4v) is 1.70. The van der Waals surface area contributed by atoms with Crippen molar-refractivity contribution in [3.05, 3.63) is 34.9 Å². The molecule has 0 aliphatic carbocycles. The van der Waals surface area contributed by atoms with Crippen LogP contribution in [-0.4, -0.2) is 15.8 Å². The Hall–Kier alpha value is -0.930. The van der Waals surface area contributed by atoms with Gasteiger partial charge in [0.1, 0.15) is 5.82 Å². The number of alkyl halides is 1. The van der Waals surface area contributed by atoms with Gasteiger partial charge >= 0.3 is 0 Å². The molecule has 1 aromatic heterocycles. The van der Waals surface area contributed by atoms with Crippen molar-refractivity contribution in [3.63, 3.8) is 0 Å². The summed E-state index contributed by atoms with van der Waals surface area (Å²) in [6.07, 6.45) is 0.556. The van der Waals surface area contributed by atoms with Crippen LogP contribution in [0.4, 0.5) is 4.39 Å². The van der Waals surface area contributed by atoms with Gasteiger partial charge in [-0.1, -0.05) is 11.6 Å².